The first-order chi connectivity index (χ1) is 9.74. The second-order valence-corrected chi connectivity index (χ2v) is 5.99. The maximum Gasteiger partial charge on any atom is 0.394 e. The van der Waals surface area contributed by atoms with Crippen molar-refractivity contribution in [3.05, 3.63) is 17.6 Å². The minimum absolute atomic E-state index is 0.201. The molecule has 3 aliphatic carbocycles. The van der Waals surface area contributed by atoms with Gasteiger partial charge in [-0.15, -0.1) is 0 Å². The van der Waals surface area contributed by atoms with Crippen molar-refractivity contribution >= 4 is 0 Å². The topological polar surface area (TPSA) is 35.0 Å². The number of rotatable bonds is 3. The molecule has 2 bridgehead atoms. The Bertz CT molecular complexity index is 488. The summed E-state index contributed by atoms with van der Waals surface area (Å²) in [4.78, 5) is 8.25. The quantitative estimate of drug-likeness (QED) is 0.838. The van der Waals surface area contributed by atoms with Gasteiger partial charge in [0.25, 0.3) is 0 Å². The first kappa shape index (κ1) is 16.0. The minimum Gasteiger partial charge on any atom is -0.477 e. The Labute approximate surface area is 122 Å². The zero-order chi connectivity index (χ0) is 15.9. The molecule has 4 rings (SSSR count). The molecule has 0 amide bonds. The largest absolute Gasteiger partial charge is 0.477 e. The summed E-state index contributed by atoms with van der Waals surface area (Å²) in [5.74, 6) is 1.06. The van der Waals surface area contributed by atoms with Gasteiger partial charge in [0, 0.05) is 17.2 Å². The van der Waals surface area contributed by atoms with Crippen LogP contribution in [-0.2, 0) is 0 Å². The molecule has 6 heteroatoms. The van der Waals surface area contributed by atoms with E-state index in [-0.39, 0.29) is 24.7 Å². The van der Waals surface area contributed by atoms with Crippen molar-refractivity contribution in [3.63, 3.8) is 0 Å². The summed E-state index contributed by atoms with van der Waals surface area (Å²) in [5, 5.41) is 0. The van der Waals surface area contributed by atoms with Gasteiger partial charge in [-0.1, -0.05) is 13.8 Å². The molecule has 0 unspecified atom stereocenters. The molecule has 0 aliphatic heterocycles. The van der Waals surface area contributed by atoms with Crippen molar-refractivity contribution < 1.29 is 17.9 Å². The first-order valence-electron chi connectivity index (χ1n) is 7.26. The van der Waals surface area contributed by atoms with Crippen LogP contribution in [0.4, 0.5) is 13.2 Å². The van der Waals surface area contributed by atoms with Crippen LogP contribution in [0.1, 0.15) is 44.6 Å². The lowest BCUT2D eigenvalue weighted by atomic mass is 9.35. The lowest BCUT2D eigenvalue weighted by Gasteiger charge is -2.70. The third-order valence-corrected chi connectivity index (χ3v) is 4.21. The van der Waals surface area contributed by atoms with Crippen LogP contribution in [0, 0.1) is 24.7 Å². The van der Waals surface area contributed by atoms with Crippen LogP contribution >= 0.6 is 0 Å². The van der Waals surface area contributed by atoms with Gasteiger partial charge >= 0.3 is 6.18 Å². The Balaban J connectivity index is 0.000000774. The van der Waals surface area contributed by atoms with Crippen LogP contribution in [0.5, 0.6) is 5.88 Å². The van der Waals surface area contributed by atoms with Gasteiger partial charge in [0.2, 0.25) is 5.88 Å². The second kappa shape index (κ2) is 5.14. The lowest BCUT2D eigenvalue weighted by molar-refractivity contribution is -0.367. The van der Waals surface area contributed by atoms with Crippen LogP contribution < -0.4 is 4.74 Å². The minimum atomic E-state index is -4.06. The maximum atomic E-state index is 12.7. The summed E-state index contributed by atoms with van der Waals surface area (Å²) in [6.07, 6.45) is -3.46. The number of halogens is 3. The molecular weight excluding hydrogens is 281 g/mol. The molecule has 21 heavy (non-hydrogen) atoms. The van der Waals surface area contributed by atoms with Gasteiger partial charge in [-0.2, -0.15) is 18.2 Å². The van der Waals surface area contributed by atoms with Gasteiger partial charge in [0.15, 0.2) is 0 Å². The van der Waals surface area contributed by atoms with Gasteiger partial charge < -0.3 is 4.74 Å². The predicted octanol–water partition coefficient (Wildman–Crippen LogP) is 4.23. The SMILES string of the molecule is CC.Cc1cc(OCC23CC(C(F)(F)F)(C2)C3)nc(C)n1. The summed E-state index contributed by atoms with van der Waals surface area (Å²) in [6, 6.07) is 1.71. The van der Waals surface area contributed by atoms with Gasteiger partial charge in [0.1, 0.15) is 5.82 Å². The highest BCUT2D eigenvalue weighted by Crippen LogP contribution is 2.78. The van der Waals surface area contributed by atoms with Crippen molar-refractivity contribution in [3.8, 4) is 5.88 Å². The van der Waals surface area contributed by atoms with E-state index in [1.165, 1.54) is 0 Å². The molecule has 3 saturated carbocycles. The van der Waals surface area contributed by atoms with E-state index in [1.54, 1.807) is 13.0 Å². The van der Waals surface area contributed by atoms with E-state index in [0.29, 0.717) is 18.3 Å². The summed E-state index contributed by atoms with van der Waals surface area (Å²) < 4.78 is 43.7. The van der Waals surface area contributed by atoms with Gasteiger partial charge in [-0.25, -0.2) is 4.98 Å². The number of hydrogen-bond donors (Lipinski definition) is 0. The third-order valence-electron chi connectivity index (χ3n) is 4.21. The van der Waals surface area contributed by atoms with Gasteiger partial charge in [-0.05, 0) is 33.1 Å². The molecule has 0 atom stereocenters. The van der Waals surface area contributed by atoms with Crippen LogP contribution in [0.2, 0.25) is 0 Å². The van der Waals surface area contributed by atoms with Crippen molar-refractivity contribution in [2.24, 2.45) is 10.8 Å². The number of ether oxygens (including phenoxy) is 1. The molecule has 118 valence electrons. The number of nitrogens with zero attached hydrogens (tertiary/aromatic N) is 2. The van der Waals surface area contributed by atoms with E-state index in [1.807, 2.05) is 20.8 Å². The van der Waals surface area contributed by atoms with E-state index in [2.05, 4.69) is 9.97 Å². The Morgan fingerprint density at radius 2 is 1.71 bits per heavy atom. The summed E-state index contributed by atoms with van der Waals surface area (Å²) in [7, 11) is 0. The van der Waals surface area contributed by atoms with Crippen LogP contribution in [0.25, 0.3) is 0 Å². The lowest BCUT2D eigenvalue weighted by Crippen LogP contribution is -2.69. The Kier molecular flexibility index (Phi) is 3.93. The first-order valence-corrected chi connectivity index (χ1v) is 7.26. The zero-order valence-electron chi connectivity index (χ0n) is 12.8. The summed E-state index contributed by atoms with van der Waals surface area (Å²) in [6.45, 7) is 7.92. The molecule has 0 N–H and O–H groups in total. The van der Waals surface area contributed by atoms with Crippen LogP contribution in [0.15, 0.2) is 6.07 Å². The number of hydrogen-bond acceptors (Lipinski definition) is 3. The Morgan fingerprint density at radius 1 is 1.14 bits per heavy atom. The second-order valence-electron chi connectivity index (χ2n) is 5.99. The van der Waals surface area contributed by atoms with Gasteiger partial charge in [-0.3, -0.25) is 0 Å². The van der Waals surface area contributed by atoms with E-state index in [0.717, 1.165) is 5.69 Å². The third kappa shape index (κ3) is 2.72. The molecule has 1 aromatic rings. The van der Waals surface area contributed by atoms with Crippen molar-refractivity contribution in [2.75, 3.05) is 6.61 Å². The van der Waals surface area contributed by atoms with Crippen LogP contribution in [0.3, 0.4) is 0 Å². The fraction of sp³-hybridized carbons (Fsp3) is 0.733. The molecular formula is C15H21F3N2O. The molecule has 0 saturated heterocycles. The van der Waals surface area contributed by atoms with E-state index in [9.17, 15) is 13.2 Å². The van der Waals surface area contributed by atoms with Crippen molar-refractivity contribution in [2.45, 2.75) is 53.1 Å². The maximum absolute atomic E-state index is 12.7. The molecule has 1 heterocycles. The molecule has 0 radical (unpaired) electrons. The van der Waals surface area contributed by atoms with Gasteiger partial charge in [0.05, 0.1) is 12.0 Å². The number of aromatic nitrogens is 2. The Morgan fingerprint density at radius 3 is 2.19 bits per heavy atom. The molecule has 3 fully saturated rings. The highest BCUT2D eigenvalue weighted by atomic mass is 19.4. The number of alkyl halides is 3. The standard InChI is InChI=1S/C13H15F3N2O.C2H6/c1-8-3-10(18-9(2)17-8)19-7-11-4-12(5-11,6-11)13(14,15)16;1-2/h3H,4-7H2,1-2H3;1-2H3. The fourth-order valence-corrected chi connectivity index (χ4v) is 3.44. The predicted molar refractivity (Wildman–Crippen MR) is 73.1 cm³/mol. The average Bonchev–Trinajstić information content (AvgIpc) is 2.24. The molecule has 3 aliphatic rings. The van der Waals surface area contributed by atoms with E-state index >= 15 is 0 Å². The number of aryl methyl sites for hydroxylation is 2. The normalized spacial score (nSPS) is 29.7. The summed E-state index contributed by atoms with van der Waals surface area (Å²) in [5.41, 5.74) is -0.886. The molecule has 0 aromatic carbocycles. The van der Waals surface area contributed by atoms with Crippen LogP contribution in [-0.4, -0.2) is 22.8 Å². The zero-order valence-corrected chi connectivity index (χ0v) is 12.8. The molecule has 3 nitrogen and oxygen atoms in total. The van der Waals surface area contributed by atoms with Crippen molar-refractivity contribution in [1.29, 1.82) is 0 Å². The van der Waals surface area contributed by atoms with Crippen molar-refractivity contribution in [1.82, 2.24) is 9.97 Å². The Hall–Kier alpha value is -1.33. The average molecular weight is 302 g/mol. The summed E-state index contributed by atoms with van der Waals surface area (Å²) >= 11 is 0. The smallest absolute Gasteiger partial charge is 0.394 e. The highest BCUT2D eigenvalue weighted by molar-refractivity contribution is 5.21. The molecule has 1 aromatic heterocycles. The van der Waals surface area contributed by atoms with E-state index < -0.39 is 11.6 Å². The fourth-order valence-electron chi connectivity index (χ4n) is 3.44. The highest BCUT2D eigenvalue weighted by Gasteiger charge is 2.78. The van der Waals surface area contributed by atoms with E-state index in [4.69, 9.17) is 4.74 Å². The monoisotopic (exact) mass is 302 g/mol. The molecule has 0 spiro atoms.